The van der Waals surface area contributed by atoms with Crippen LogP contribution >= 0.6 is 0 Å². The van der Waals surface area contributed by atoms with E-state index in [4.69, 9.17) is 5.11 Å². The van der Waals surface area contributed by atoms with E-state index in [2.05, 4.69) is 5.32 Å². The molecule has 2 fully saturated rings. The SMILES string of the molecule is OCCC1(CNCC2(O)CCCC2)CC1. The van der Waals surface area contributed by atoms with Crippen LogP contribution in [0.4, 0.5) is 0 Å². The van der Waals surface area contributed by atoms with Gasteiger partial charge in [-0.1, -0.05) is 12.8 Å². The molecule has 3 heteroatoms. The molecule has 0 heterocycles. The molecule has 2 saturated carbocycles. The highest BCUT2D eigenvalue weighted by molar-refractivity contribution is 4.96. The van der Waals surface area contributed by atoms with Gasteiger partial charge in [0.25, 0.3) is 0 Å². The van der Waals surface area contributed by atoms with E-state index < -0.39 is 5.60 Å². The van der Waals surface area contributed by atoms with Crippen molar-refractivity contribution in [3.8, 4) is 0 Å². The zero-order chi connectivity index (χ0) is 10.8. The van der Waals surface area contributed by atoms with E-state index in [0.717, 1.165) is 32.4 Å². The highest BCUT2D eigenvalue weighted by Gasteiger charge is 2.42. The fourth-order valence-electron chi connectivity index (χ4n) is 2.70. The molecule has 0 aromatic rings. The fraction of sp³-hybridized carbons (Fsp3) is 1.00. The maximum atomic E-state index is 10.1. The summed E-state index contributed by atoms with van der Waals surface area (Å²) in [7, 11) is 0. The van der Waals surface area contributed by atoms with Gasteiger partial charge >= 0.3 is 0 Å². The maximum Gasteiger partial charge on any atom is 0.0771 e. The Balaban J connectivity index is 1.66. The first-order valence-corrected chi connectivity index (χ1v) is 6.22. The van der Waals surface area contributed by atoms with E-state index in [1.54, 1.807) is 0 Å². The molecule has 15 heavy (non-hydrogen) atoms. The van der Waals surface area contributed by atoms with E-state index in [1.165, 1.54) is 25.7 Å². The second kappa shape index (κ2) is 4.40. The molecule has 2 rings (SSSR count). The summed E-state index contributed by atoms with van der Waals surface area (Å²) in [5, 5.41) is 22.4. The molecule has 0 amide bonds. The maximum absolute atomic E-state index is 10.1. The molecule has 3 nitrogen and oxygen atoms in total. The van der Waals surface area contributed by atoms with Crippen LogP contribution in [0.1, 0.15) is 44.9 Å². The summed E-state index contributed by atoms with van der Waals surface area (Å²) in [6.45, 7) is 2.00. The van der Waals surface area contributed by atoms with Crippen molar-refractivity contribution in [3.05, 3.63) is 0 Å². The lowest BCUT2D eigenvalue weighted by atomic mass is 10.0. The van der Waals surface area contributed by atoms with Crippen LogP contribution in [-0.4, -0.2) is 35.5 Å². The van der Waals surface area contributed by atoms with E-state index in [0.29, 0.717) is 12.0 Å². The smallest absolute Gasteiger partial charge is 0.0771 e. The molecule has 3 N–H and O–H groups in total. The molecule has 0 aliphatic heterocycles. The van der Waals surface area contributed by atoms with Crippen molar-refractivity contribution in [2.75, 3.05) is 19.7 Å². The lowest BCUT2D eigenvalue weighted by molar-refractivity contribution is 0.0462. The predicted molar refractivity (Wildman–Crippen MR) is 59.7 cm³/mol. The molecule has 0 aromatic carbocycles. The number of hydrogen-bond donors (Lipinski definition) is 3. The third kappa shape index (κ3) is 2.92. The summed E-state index contributed by atoms with van der Waals surface area (Å²) in [6, 6.07) is 0. The van der Waals surface area contributed by atoms with Gasteiger partial charge in [-0.25, -0.2) is 0 Å². The summed E-state index contributed by atoms with van der Waals surface area (Å²) in [4.78, 5) is 0. The van der Waals surface area contributed by atoms with Crippen molar-refractivity contribution >= 4 is 0 Å². The average Bonchev–Trinajstić information content (AvgIpc) is 2.81. The van der Waals surface area contributed by atoms with Crippen LogP contribution in [0, 0.1) is 5.41 Å². The quantitative estimate of drug-likeness (QED) is 0.618. The van der Waals surface area contributed by atoms with Gasteiger partial charge in [0.1, 0.15) is 0 Å². The molecular formula is C12H23NO2. The third-order valence-electron chi connectivity index (χ3n) is 4.09. The Morgan fingerprint density at radius 1 is 1.00 bits per heavy atom. The zero-order valence-electron chi connectivity index (χ0n) is 9.47. The second-order valence-corrected chi connectivity index (χ2v) is 5.51. The Kier molecular flexibility index (Phi) is 3.33. The molecule has 0 saturated heterocycles. The summed E-state index contributed by atoms with van der Waals surface area (Å²) in [6.07, 6.45) is 7.62. The van der Waals surface area contributed by atoms with Crippen molar-refractivity contribution in [1.29, 1.82) is 0 Å². The van der Waals surface area contributed by atoms with Crippen molar-refractivity contribution in [2.45, 2.75) is 50.5 Å². The second-order valence-electron chi connectivity index (χ2n) is 5.51. The number of hydrogen-bond acceptors (Lipinski definition) is 3. The van der Waals surface area contributed by atoms with Gasteiger partial charge in [-0.3, -0.25) is 0 Å². The number of aliphatic hydroxyl groups is 2. The molecule has 2 aliphatic carbocycles. The summed E-state index contributed by atoms with van der Waals surface area (Å²) in [5.41, 5.74) is -0.0704. The first-order chi connectivity index (χ1) is 7.18. The van der Waals surface area contributed by atoms with Crippen LogP contribution in [0.2, 0.25) is 0 Å². The molecule has 0 aromatic heterocycles. The normalized spacial score (nSPS) is 26.8. The lowest BCUT2D eigenvalue weighted by Gasteiger charge is -2.24. The largest absolute Gasteiger partial charge is 0.396 e. The Morgan fingerprint density at radius 3 is 2.20 bits per heavy atom. The van der Waals surface area contributed by atoms with Gasteiger partial charge in [-0.15, -0.1) is 0 Å². The van der Waals surface area contributed by atoms with Crippen LogP contribution in [-0.2, 0) is 0 Å². The number of nitrogens with one attached hydrogen (secondary N) is 1. The highest BCUT2D eigenvalue weighted by atomic mass is 16.3. The van der Waals surface area contributed by atoms with E-state index >= 15 is 0 Å². The van der Waals surface area contributed by atoms with E-state index in [9.17, 15) is 5.11 Å². The van der Waals surface area contributed by atoms with Gasteiger partial charge in [-0.2, -0.15) is 0 Å². The minimum absolute atomic E-state index is 0.298. The molecule has 0 radical (unpaired) electrons. The molecule has 0 spiro atoms. The number of rotatable bonds is 6. The topological polar surface area (TPSA) is 52.5 Å². The van der Waals surface area contributed by atoms with Crippen molar-refractivity contribution in [3.63, 3.8) is 0 Å². The average molecular weight is 213 g/mol. The van der Waals surface area contributed by atoms with Crippen LogP contribution in [0.5, 0.6) is 0 Å². The summed E-state index contributed by atoms with van der Waals surface area (Å²) < 4.78 is 0. The summed E-state index contributed by atoms with van der Waals surface area (Å²) in [5.74, 6) is 0. The first-order valence-electron chi connectivity index (χ1n) is 6.22. The van der Waals surface area contributed by atoms with Gasteiger partial charge in [-0.05, 0) is 37.5 Å². The molecule has 88 valence electrons. The Hall–Kier alpha value is -0.120. The minimum Gasteiger partial charge on any atom is -0.396 e. The lowest BCUT2D eigenvalue weighted by Crippen LogP contribution is -2.40. The van der Waals surface area contributed by atoms with E-state index in [1.807, 2.05) is 0 Å². The highest BCUT2D eigenvalue weighted by Crippen LogP contribution is 2.48. The van der Waals surface area contributed by atoms with Crippen LogP contribution in [0.3, 0.4) is 0 Å². The van der Waals surface area contributed by atoms with Gasteiger partial charge in [0.05, 0.1) is 5.60 Å². The Bertz CT molecular complexity index is 208. The zero-order valence-corrected chi connectivity index (χ0v) is 9.47. The first kappa shape index (κ1) is 11.4. The molecule has 2 aliphatic rings. The third-order valence-corrected chi connectivity index (χ3v) is 4.09. The van der Waals surface area contributed by atoms with Crippen LogP contribution in [0.15, 0.2) is 0 Å². The summed E-state index contributed by atoms with van der Waals surface area (Å²) >= 11 is 0. The van der Waals surface area contributed by atoms with Gasteiger partial charge < -0.3 is 15.5 Å². The fourth-order valence-corrected chi connectivity index (χ4v) is 2.70. The predicted octanol–water partition coefficient (Wildman–Crippen LogP) is 1.04. The van der Waals surface area contributed by atoms with Gasteiger partial charge in [0.2, 0.25) is 0 Å². The van der Waals surface area contributed by atoms with Crippen molar-refractivity contribution in [2.24, 2.45) is 5.41 Å². The monoisotopic (exact) mass is 213 g/mol. The molecular weight excluding hydrogens is 190 g/mol. The van der Waals surface area contributed by atoms with Crippen molar-refractivity contribution < 1.29 is 10.2 Å². The van der Waals surface area contributed by atoms with Crippen LogP contribution < -0.4 is 5.32 Å². The van der Waals surface area contributed by atoms with Crippen molar-refractivity contribution in [1.82, 2.24) is 5.32 Å². The number of aliphatic hydroxyl groups excluding tert-OH is 1. The minimum atomic E-state index is -0.435. The Morgan fingerprint density at radius 2 is 1.67 bits per heavy atom. The standard InChI is InChI=1S/C12H23NO2/c14-8-7-11(5-6-11)9-13-10-12(15)3-1-2-4-12/h13-15H,1-10H2. The van der Waals surface area contributed by atoms with Crippen LogP contribution in [0.25, 0.3) is 0 Å². The van der Waals surface area contributed by atoms with E-state index in [-0.39, 0.29) is 0 Å². The molecule has 0 atom stereocenters. The van der Waals surface area contributed by atoms with Gasteiger partial charge in [0, 0.05) is 19.7 Å². The Labute approximate surface area is 91.9 Å². The molecule has 0 bridgehead atoms. The molecule has 0 unspecified atom stereocenters. The van der Waals surface area contributed by atoms with Gasteiger partial charge in [0.15, 0.2) is 0 Å².